The molecule has 0 spiro atoms. The zero-order valence-electron chi connectivity index (χ0n) is 17.8. The highest BCUT2D eigenvalue weighted by Gasteiger charge is 2.57. The maximum atomic E-state index is 5.01. The van der Waals surface area contributed by atoms with E-state index in [2.05, 4.69) is 78.0 Å². The standard InChI is InChI=1S/C26H30BN/c1-5-6-13-26(15-16(26)2)19-10-11-20(27)23-22(19)24-21-17(12-14-28-24)8-7-9-18(21)25(23,3)4/h6-9,11-14,16,19H,5,10,15,27H2,1-4H3. The average molecular weight is 367 g/mol. The number of fused-ring (bicyclic) bond motifs is 1. The van der Waals surface area contributed by atoms with E-state index in [0.717, 1.165) is 18.8 Å². The van der Waals surface area contributed by atoms with Crippen LogP contribution in [-0.4, -0.2) is 12.8 Å². The predicted octanol–water partition coefficient (Wildman–Crippen LogP) is 5.81. The third-order valence-electron chi connectivity index (χ3n) is 7.75. The fraction of sp³-hybridized carbons (Fsp3) is 0.423. The summed E-state index contributed by atoms with van der Waals surface area (Å²) in [6.45, 7) is 9.51. The van der Waals surface area contributed by atoms with Crippen LogP contribution in [0.5, 0.6) is 0 Å². The monoisotopic (exact) mass is 367 g/mol. The van der Waals surface area contributed by atoms with E-state index in [1.165, 1.54) is 39.5 Å². The Morgan fingerprint density at radius 1 is 1.25 bits per heavy atom. The molecule has 0 amide bonds. The molecule has 28 heavy (non-hydrogen) atoms. The number of hydrogen-bond donors (Lipinski definition) is 0. The fourth-order valence-corrected chi connectivity index (χ4v) is 6.23. The summed E-state index contributed by atoms with van der Waals surface area (Å²) in [5.74, 6) is 1.29. The van der Waals surface area contributed by atoms with E-state index >= 15 is 0 Å². The molecule has 3 aliphatic carbocycles. The molecule has 142 valence electrons. The Bertz CT molecular complexity index is 1070. The molecule has 1 aromatic heterocycles. The van der Waals surface area contributed by atoms with Crippen molar-refractivity contribution < 1.29 is 0 Å². The van der Waals surface area contributed by atoms with E-state index in [-0.39, 0.29) is 5.41 Å². The van der Waals surface area contributed by atoms with E-state index in [9.17, 15) is 0 Å². The minimum atomic E-state index is 0.0118. The summed E-state index contributed by atoms with van der Waals surface area (Å²) >= 11 is 0. The molecule has 0 N–H and O–H groups in total. The highest BCUT2D eigenvalue weighted by molar-refractivity contribution is 6.26. The van der Waals surface area contributed by atoms with Crippen LogP contribution in [0.4, 0.5) is 0 Å². The van der Waals surface area contributed by atoms with Gasteiger partial charge in [-0.3, -0.25) is 4.98 Å². The van der Waals surface area contributed by atoms with Crippen LogP contribution < -0.4 is 0 Å². The molecule has 3 atom stereocenters. The maximum Gasteiger partial charge on any atom is 0.139 e. The second kappa shape index (κ2) is 5.96. The van der Waals surface area contributed by atoms with Gasteiger partial charge in [-0.15, -0.1) is 0 Å². The van der Waals surface area contributed by atoms with Gasteiger partial charge in [0.25, 0.3) is 0 Å². The molecule has 5 rings (SSSR count). The highest BCUT2D eigenvalue weighted by Crippen LogP contribution is 2.66. The van der Waals surface area contributed by atoms with Gasteiger partial charge in [0.1, 0.15) is 7.85 Å². The van der Waals surface area contributed by atoms with Gasteiger partial charge in [-0.25, -0.2) is 0 Å². The first-order valence-corrected chi connectivity index (χ1v) is 10.9. The van der Waals surface area contributed by atoms with Gasteiger partial charge in [-0.05, 0) is 64.7 Å². The summed E-state index contributed by atoms with van der Waals surface area (Å²) in [5, 5.41) is 2.71. The van der Waals surface area contributed by atoms with Gasteiger partial charge < -0.3 is 0 Å². The van der Waals surface area contributed by atoms with Crippen LogP contribution in [0.2, 0.25) is 0 Å². The van der Waals surface area contributed by atoms with Crippen LogP contribution >= 0.6 is 0 Å². The molecule has 0 aliphatic heterocycles. The predicted molar refractivity (Wildman–Crippen MR) is 122 cm³/mol. The Morgan fingerprint density at radius 2 is 2.04 bits per heavy atom. The third-order valence-corrected chi connectivity index (χ3v) is 7.75. The van der Waals surface area contributed by atoms with Gasteiger partial charge in [0.15, 0.2) is 0 Å². The SMILES string of the molecule is BC1=CCC(C2(C=CCC)CC2C)C2=C1C(C)(C)c1cccc3ccnc2c13. The summed E-state index contributed by atoms with van der Waals surface area (Å²) in [7, 11) is 2.31. The number of rotatable bonds is 3. The van der Waals surface area contributed by atoms with E-state index < -0.39 is 0 Å². The lowest BCUT2D eigenvalue weighted by atomic mass is 9.57. The van der Waals surface area contributed by atoms with E-state index in [4.69, 9.17) is 4.98 Å². The quantitative estimate of drug-likeness (QED) is 0.493. The molecule has 1 saturated carbocycles. The third kappa shape index (κ3) is 2.24. The number of benzene rings is 1. The van der Waals surface area contributed by atoms with Crippen molar-refractivity contribution in [2.75, 3.05) is 0 Å². The zero-order chi connectivity index (χ0) is 19.7. The summed E-state index contributed by atoms with van der Waals surface area (Å²) in [4.78, 5) is 5.01. The van der Waals surface area contributed by atoms with E-state index in [1.807, 2.05) is 6.20 Å². The number of pyridine rings is 1. The molecule has 3 aliphatic rings. The van der Waals surface area contributed by atoms with Crippen LogP contribution in [0.25, 0.3) is 16.3 Å². The molecule has 1 fully saturated rings. The van der Waals surface area contributed by atoms with Crippen molar-refractivity contribution in [2.45, 2.75) is 52.4 Å². The van der Waals surface area contributed by atoms with Gasteiger partial charge in [0, 0.05) is 17.0 Å². The summed E-state index contributed by atoms with van der Waals surface area (Å²) in [5.41, 5.74) is 7.53. The normalized spacial score (nSPS) is 30.5. The smallest absolute Gasteiger partial charge is 0.139 e. The zero-order valence-corrected chi connectivity index (χ0v) is 17.8. The second-order valence-electron chi connectivity index (χ2n) is 9.68. The van der Waals surface area contributed by atoms with Crippen molar-refractivity contribution in [3.63, 3.8) is 0 Å². The van der Waals surface area contributed by atoms with Crippen molar-refractivity contribution in [1.29, 1.82) is 0 Å². The summed E-state index contributed by atoms with van der Waals surface area (Å²) < 4.78 is 0. The van der Waals surface area contributed by atoms with Gasteiger partial charge >= 0.3 is 0 Å². The van der Waals surface area contributed by atoms with Crippen LogP contribution in [-0.2, 0) is 5.41 Å². The largest absolute Gasteiger partial charge is 0.256 e. The minimum Gasteiger partial charge on any atom is -0.256 e. The van der Waals surface area contributed by atoms with Gasteiger partial charge in [-0.1, -0.05) is 69.6 Å². The second-order valence-corrected chi connectivity index (χ2v) is 9.68. The van der Waals surface area contributed by atoms with Crippen LogP contribution in [0, 0.1) is 17.3 Å². The van der Waals surface area contributed by atoms with Gasteiger partial charge in [-0.2, -0.15) is 0 Å². The Labute approximate surface area is 170 Å². The molecule has 1 nitrogen and oxygen atoms in total. The van der Waals surface area contributed by atoms with Gasteiger partial charge in [0.2, 0.25) is 0 Å². The van der Waals surface area contributed by atoms with Crippen molar-refractivity contribution in [2.24, 2.45) is 17.3 Å². The van der Waals surface area contributed by atoms with E-state index in [0.29, 0.717) is 11.3 Å². The number of aromatic nitrogens is 1. The lowest BCUT2D eigenvalue weighted by Gasteiger charge is -2.43. The lowest BCUT2D eigenvalue weighted by Crippen LogP contribution is -2.33. The minimum absolute atomic E-state index is 0.0118. The maximum absolute atomic E-state index is 5.01. The fourth-order valence-electron chi connectivity index (χ4n) is 6.23. The Hall–Kier alpha value is -2.09. The van der Waals surface area contributed by atoms with Crippen molar-refractivity contribution in [1.82, 2.24) is 4.98 Å². The van der Waals surface area contributed by atoms with Crippen molar-refractivity contribution in [3.8, 4) is 0 Å². The van der Waals surface area contributed by atoms with Crippen LogP contribution in [0.3, 0.4) is 0 Å². The molecule has 2 heteroatoms. The number of nitrogens with zero attached hydrogens (tertiary/aromatic N) is 1. The van der Waals surface area contributed by atoms with Crippen LogP contribution in [0.1, 0.15) is 58.2 Å². The first-order valence-electron chi connectivity index (χ1n) is 10.9. The Kier molecular flexibility index (Phi) is 3.82. The number of allylic oxidation sites excluding steroid dienone is 6. The topological polar surface area (TPSA) is 12.9 Å². The number of hydrogen-bond acceptors (Lipinski definition) is 1. The van der Waals surface area contributed by atoms with E-state index in [1.54, 1.807) is 5.57 Å². The van der Waals surface area contributed by atoms with Crippen LogP contribution in [0.15, 0.2) is 59.7 Å². The summed E-state index contributed by atoms with van der Waals surface area (Å²) in [6.07, 6.45) is 13.0. The van der Waals surface area contributed by atoms with Gasteiger partial charge in [0.05, 0.1) is 5.69 Å². The molecule has 3 unspecified atom stereocenters. The molecular formula is C26H30BN. The molecule has 1 aromatic carbocycles. The molecule has 1 heterocycles. The molecular weight excluding hydrogens is 337 g/mol. The highest BCUT2D eigenvalue weighted by atomic mass is 14.7. The first-order chi connectivity index (χ1) is 13.4. The van der Waals surface area contributed by atoms with Crippen molar-refractivity contribution >= 4 is 24.2 Å². The summed E-state index contributed by atoms with van der Waals surface area (Å²) in [6, 6.07) is 8.96. The Morgan fingerprint density at radius 3 is 2.75 bits per heavy atom. The average Bonchev–Trinajstić information content (AvgIpc) is 3.34. The molecule has 0 saturated heterocycles. The lowest BCUT2D eigenvalue weighted by molar-refractivity contribution is 0.429. The Balaban J connectivity index is 1.82. The van der Waals surface area contributed by atoms with Crippen molar-refractivity contribution in [3.05, 3.63) is 71.0 Å². The molecule has 0 radical (unpaired) electrons. The first kappa shape index (κ1) is 18.0. The molecule has 2 aromatic rings. The molecule has 0 bridgehead atoms.